The van der Waals surface area contributed by atoms with Gasteiger partial charge in [-0.3, -0.25) is 9.00 Å². The third-order valence-electron chi connectivity index (χ3n) is 5.16. The lowest BCUT2D eigenvalue weighted by Gasteiger charge is -2.43. The molecule has 1 aliphatic carbocycles. The Labute approximate surface area is 132 Å². The highest BCUT2D eigenvalue weighted by Gasteiger charge is 2.48. The third kappa shape index (κ3) is 3.82. The Balaban J connectivity index is 1.58. The average Bonchev–Trinajstić information content (AvgIpc) is 3.18. The lowest BCUT2D eigenvalue weighted by molar-refractivity contribution is -0.138. The van der Waals surface area contributed by atoms with Crippen molar-refractivity contribution < 1.29 is 18.8 Å². The summed E-state index contributed by atoms with van der Waals surface area (Å²) in [5, 5.41) is 9.19. The molecule has 2 heterocycles. The number of hydrogen-bond donors (Lipinski definition) is 1. The van der Waals surface area contributed by atoms with E-state index < -0.39 is 16.8 Å². The second-order valence-corrected chi connectivity index (χ2v) is 9.80. The highest BCUT2D eigenvalue weighted by atomic mass is 32.2. The molecule has 1 N–H and O–H groups in total. The van der Waals surface area contributed by atoms with E-state index in [1.165, 1.54) is 0 Å². The van der Waals surface area contributed by atoms with Gasteiger partial charge >= 0.3 is 5.97 Å². The number of carbonyl (C=O) groups is 1. The van der Waals surface area contributed by atoms with Gasteiger partial charge in [0.15, 0.2) is 0 Å². The van der Waals surface area contributed by atoms with Crippen molar-refractivity contribution in [3.05, 3.63) is 0 Å². The minimum Gasteiger partial charge on any atom is -0.481 e. The molecule has 2 aliphatic heterocycles. The lowest BCUT2D eigenvalue weighted by atomic mass is 9.88. The molecule has 2 atom stereocenters. The molecule has 21 heavy (non-hydrogen) atoms. The number of ether oxygens (including phenoxy) is 1. The Bertz CT molecular complexity index is 422. The van der Waals surface area contributed by atoms with Crippen LogP contribution in [0.1, 0.15) is 44.9 Å². The second kappa shape index (κ2) is 6.20. The van der Waals surface area contributed by atoms with Crippen molar-refractivity contribution in [2.24, 2.45) is 5.41 Å². The number of aliphatic carboxylic acids is 1. The number of carboxylic acids is 1. The van der Waals surface area contributed by atoms with Crippen molar-refractivity contribution in [3.8, 4) is 0 Å². The van der Waals surface area contributed by atoms with E-state index in [-0.39, 0.29) is 22.7 Å². The van der Waals surface area contributed by atoms with Gasteiger partial charge in [-0.05, 0) is 55.4 Å². The van der Waals surface area contributed by atoms with E-state index >= 15 is 0 Å². The van der Waals surface area contributed by atoms with Crippen molar-refractivity contribution in [2.45, 2.75) is 55.8 Å². The molecule has 0 aromatic carbocycles. The molecule has 0 bridgehead atoms. The zero-order chi connectivity index (χ0) is 14.9. The van der Waals surface area contributed by atoms with Gasteiger partial charge in [0.25, 0.3) is 0 Å². The van der Waals surface area contributed by atoms with Crippen LogP contribution in [0, 0.1) is 5.41 Å². The quantitative estimate of drug-likeness (QED) is 0.838. The molecule has 0 aromatic heterocycles. The smallest absolute Gasteiger partial charge is 0.303 e. The first-order valence-electron chi connectivity index (χ1n) is 7.83. The fourth-order valence-corrected chi connectivity index (χ4v) is 6.90. The highest BCUT2D eigenvalue weighted by molar-refractivity contribution is 7.99. The highest BCUT2D eigenvalue weighted by Crippen LogP contribution is 2.50. The SMILES string of the molecule is O=C(O)CC1(CS(=O)C2CCOC3(CCSCC3)C2)CC1. The van der Waals surface area contributed by atoms with Crippen LogP contribution in [0.4, 0.5) is 0 Å². The Kier molecular flexibility index (Phi) is 4.67. The summed E-state index contributed by atoms with van der Waals surface area (Å²) in [7, 11) is -0.908. The monoisotopic (exact) mass is 332 g/mol. The summed E-state index contributed by atoms with van der Waals surface area (Å²) in [6.07, 6.45) is 5.96. The van der Waals surface area contributed by atoms with Crippen LogP contribution in [0.2, 0.25) is 0 Å². The summed E-state index contributed by atoms with van der Waals surface area (Å²) in [6, 6.07) is 0. The normalized spacial score (nSPS) is 31.7. The molecule has 2 unspecified atom stereocenters. The van der Waals surface area contributed by atoms with Crippen LogP contribution in [0.5, 0.6) is 0 Å². The van der Waals surface area contributed by atoms with Gasteiger partial charge in [0, 0.05) is 28.4 Å². The van der Waals surface area contributed by atoms with Gasteiger partial charge in [-0.15, -0.1) is 0 Å². The standard InChI is InChI=1S/C15H24O4S2/c16-13(17)10-14(2-3-14)11-21(18)12-1-6-19-15(9-12)4-7-20-8-5-15/h12H,1-11H2,(H,16,17). The summed E-state index contributed by atoms with van der Waals surface area (Å²) in [6.45, 7) is 0.715. The van der Waals surface area contributed by atoms with Crippen molar-refractivity contribution >= 4 is 28.5 Å². The Morgan fingerprint density at radius 1 is 1.29 bits per heavy atom. The maximum Gasteiger partial charge on any atom is 0.303 e. The first-order valence-corrected chi connectivity index (χ1v) is 10.4. The van der Waals surface area contributed by atoms with Gasteiger partial charge in [0.2, 0.25) is 0 Å². The molecule has 3 rings (SSSR count). The van der Waals surface area contributed by atoms with E-state index in [2.05, 4.69) is 0 Å². The summed E-state index contributed by atoms with van der Waals surface area (Å²) in [4.78, 5) is 10.9. The summed E-state index contributed by atoms with van der Waals surface area (Å²) in [5.41, 5.74) is -0.197. The van der Waals surface area contributed by atoms with Gasteiger partial charge < -0.3 is 9.84 Å². The van der Waals surface area contributed by atoms with Crippen LogP contribution >= 0.6 is 11.8 Å². The van der Waals surface area contributed by atoms with Crippen molar-refractivity contribution in [1.29, 1.82) is 0 Å². The van der Waals surface area contributed by atoms with Gasteiger partial charge in [-0.1, -0.05) is 0 Å². The Morgan fingerprint density at radius 3 is 2.62 bits per heavy atom. The predicted octanol–water partition coefficient (Wildman–Crippen LogP) is 2.43. The van der Waals surface area contributed by atoms with E-state index in [1.54, 1.807) is 0 Å². The van der Waals surface area contributed by atoms with Crippen LogP contribution in [-0.2, 0) is 20.3 Å². The summed E-state index contributed by atoms with van der Waals surface area (Å²) >= 11 is 1.98. The number of carboxylic acid groups (broad SMARTS) is 1. The van der Waals surface area contributed by atoms with Crippen LogP contribution in [0.3, 0.4) is 0 Å². The minimum absolute atomic E-state index is 0.0344. The van der Waals surface area contributed by atoms with E-state index in [0.29, 0.717) is 12.4 Å². The number of thioether (sulfide) groups is 1. The van der Waals surface area contributed by atoms with Gasteiger partial charge in [-0.2, -0.15) is 11.8 Å². The molecule has 2 saturated heterocycles. The van der Waals surface area contributed by atoms with Gasteiger partial charge in [0.05, 0.1) is 12.0 Å². The number of rotatable bonds is 5. The fraction of sp³-hybridized carbons (Fsp3) is 0.933. The molecule has 3 fully saturated rings. The van der Waals surface area contributed by atoms with E-state index in [9.17, 15) is 9.00 Å². The molecule has 0 amide bonds. The second-order valence-electron chi connectivity index (χ2n) is 6.85. The van der Waals surface area contributed by atoms with E-state index in [1.807, 2.05) is 11.8 Å². The van der Waals surface area contributed by atoms with Crippen LogP contribution in [0.15, 0.2) is 0 Å². The zero-order valence-corrected chi connectivity index (χ0v) is 14.0. The number of hydrogen-bond acceptors (Lipinski definition) is 4. The van der Waals surface area contributed by atoms with Crippen molar-refractivity contribution in [2.75, 3.05) is 23.9 Å². The maximum atomic E-state index is 12.7. The van der Waals surface area contributed by atoms with Crippen LogP contribution in [0.25, 0.3) is 0 Å². The Morgan fingerprint density at radius 2 is 2.00 bits per heavy atom. The lowest BCUT2D eigenvalue weighted by Crippen LogP contribution is -2.46. The molecule has 4 nitrogen and oxygen atoms in total. The maximum absolute atomic E-state index is 12.7. The molecule has 0 radical (unpaired) electrons. The summed E-state index contributed by atoms with van der Waals surface area (Å²) in [5.74, 6) is 2.11. The molecule has 120 valence electrons. The Hall–Kier alpha value is -0.0700. The molecule has 0 aromatic rings. The molecular weight excluding hydrogens is 308 g/mol. The van der Waals surface area contributed by atoms with E-state index in [0.717, 1.165) is 50.0 Å². The topological polar surface area (TPSA) is 63.6 Å². The molecule has 1 saturated carbocycles. The third-order valence-corrected chi connectivity index (χ3v) is 8.18. The molecule has 6 heteroatoms. The van der Waals surface area contributed by atoms with Gasteiger partial charge in [0.1, 0.15) is 0 Å². The minimum atomic E-state index is -0.908. The summed E-state index contributed by atoms with van der Waals surface area (Å²) < 4.78 is 18.8. The molecule has 1 spiro atoms. The first kappa shape index (κ1) is 15.8. The van der Waals surface area contributed by atoms with Crippen LogP contribution in [-0.4, -0.2) is 50.0 Å². The molecular formula is C15H24O4S2. The van der Waals surface area contributed by atoms with E-state index in [4.69, 9.17) is 9.84 Å². The zero-order valence-electron chi connectivity index (χ0n) is 12.3. The fourth-order valence-electron chi connectivity index (χ4n) is 3.59. The van der Waals surface area contributed by atoms with Crippen LogP contribution < -0.4 is 0 Å². The average molecular weight is 332 g/mol. The largest absolute Gasteiger partial charge is 0.481 e. The van der Waals surface area contributed by atoms with Crippen molar-refractivity contribution in [1.82, 2.24) is 0 Å². The van der Waals surface area contributed by atoms with Crippen molar-refractivity contribution in [3.63, 3.8) is 0 Å². The first-order chi connectivity index (χ1) is 10.0. The van der Waals surface area contributed by atoms with Gasteiger partial charge in [-0.25, -0.2) is 0 Å². The molecule has 3 aliphatic rings. The predicted molar refractivity (Wildman–Crippen MR) is 85.2 cm³/mol.